The minimum atomic E-state index is -0.0564. The Labute approximate surface area is 95.1 Å². The average Bonchev–Trinajstić information content (AvgIpc) is 2.29. The van der Waals surface area contributed by atoms with Crippen LogP contribution in [0.4, 0.5) is 0 Å². The van der Waals surface area contributed by atoms with Crippen molar-refractivity contribution in [2.24, 2.45) is 0 Å². The van der Waals surface area contributed by atoms with Gasteiger partial charge in [-0.3, -0.25) is 4.79 Å². The first-order valence-electron chi connectivity index (χ1n) is 4.89. The van der Waals surface area contributed by atoms with Crippen molar-refractivity contribution < 1.29 is 9.59 Å². The summed E-state index contributed by atoms with van der Waals surface area (Å²) < 4.78 is 0. The highest BCUT2D eigenvalue weighted by atomic mass is 16.2. The lowest BCUT2D eigenvalue weighted by Gasteiger charge is -2.09. The Morgan fingerprint density at radius 2 is 2.19 bits per heavy atom. The Hall–Kier alpha value is -2.08. The Morgan fingerprint density at radius 3 is 2.81 bits per heavy atom. The van der Waals surface area contributed by atoms with Crippen LogP contribution in [0.2, 0.25) is 0 Å². The van der Waals surface area contributed by atoms with E-state index in [1.165, 1.54) is 4.90 Å². The van der Waals surface area contributed by atoms with Crippen LogP contribution in [0.3, 0.4) is 0 Å². The number of benzene rings is 1. The number of rotatable bonds is 2. The molecule has 0 atom stereocenters. The zero-order valence-electron chi connectivity index (χ0n) is 9.36. The Bertz CT molecular complexity index is 452. The summed E-state index contributed by atoms with van der Waals surface area (Å²) in [6.45, 7) is 0. The Morgan fingerprint density at radius 1 is 1.44 bits per heavy atom. The molecule has 0 saturated carbocycles. The molecule has 0 heterocycles. The van der Waals surface area contributed by atoms with Gasteiger partial charge in [0, 0.05) is 25.2 Å². The molecule has 3 heteroatoms. The second-order valence-electron chi connectivity index (χ2n) is 3.45. The number of nitrogens with zero attached hydrogens (tertiary/aromatic N) is 1. The van der Waals surface area contributed by atoms with Crippen molar-refractivity contribution in [3.05, 3.63) is 35.4 Å². The van der Waals surface area contributed by atoms with E-state index in [9.17, 15) is 9.59 Å². The molecule has 0 aliphatic heterocycles. The van der Waals surface area contributed by atoms with Crippen LogP contribution >= 0.6 is 0 Å². The summed E-state index contributed by atoms with van der Waals surface area (Å²) >= 11 is 0. The molecule has 82 valence electrons. The van der Waals surface area contributed by atoms with Gasteiger partial charge in [0.05, 0.1) is 6.42 Å². The lowest BCUT2D eigenvalue weighted by Crippen LogP contribution is -2.21. The van der Waals surface area contributed by atoms with Crippen molar-refractivity contribution in [3.63, 3.8) is 0 Å². The van der Waals surface area contributed by atoms with Gasteiger partial charge < -0.3 is 9.69 Å². The SMILES string of the molecule is CN(C)C(=O)c1cccc(C#CCC=O)c1. The van der Waals surface area contributed by atoms with E-state index >= 15 is 0 Å². The average molecular weight is 215 g/mol. The lowest BCUT2D eigenvalue weighted by atomic mass is 10.1. The summed E-state index contributed by atoms with van der Waals surface area (Å²) in [6.07, 6.45) is 0.966. The van der Waals surface area contributed by atoms with Crippen molar-refractivity contribution in [1.29, 1.82) is 0 Å². The molecule has 0 aliphatic carbocycles. The van der Waals surface area contributed by atoms with Gasteiger partial charge in [0.2, 0.25) is 0 Å². The molecule has 1 amide bonds. The van der Waals surface area contributed by atoms with E-state index in [2.05, 4.69) is 11.8 Å². The van der Waals surface area contributed by atoms with E-state index in [0.717, 1.165) is 11.8 Å². The quantitative estimate of drug-likeness (QED) is 0.551. The van der Waals surface area contributed by atoms with Gasteiger partial charge in [-0.2, -0.15) is 0 Å². The fourth-order valence-electron chi connectivity index (χ4n) is 1.18. The third-order valence-electron chi connectivity index (χ3n) is 1.93. The molecule has 1 rings (SSSR count). The van der Waals surface area contributed by atoms with E-state index in [1.54, 1.807) is 32.3 Å². The molecular weight excluding hydrogens is 202 g/mol. The van der Waals surface area contributed by atoms with E-state index in [0.29, 0.717) is 5.56 Å². The number of aldehydes is 1. The van der Waals surface area contributed by atoms with Crippen LogP contribution in [0.1, 0.15) is 22.3 Å². The van der Waals surface area contributed by atoms with Crippen molar-refractivity contribution in [1.82, 2.24) is 4.90 Å². The molecule has 0 N–H and O–H groups in total. The van der Waals surface area contributed by atoms with Gasteiger partial charge in [-0.15, -0.1) is 0 Å². The summed E-state index contributed by atoms with van der Waals surface area (Å²) in [7, 11) is 3.40. The van der Waals surface area contributed by atoms with Crippen LogP contribution in [0.5, 0.6) is 0 Å². The molecule has 0 saturated heterocycles. The van der Waals surface area contributed by atoms with E-state index in [4.69, 9.17) is 0 Å². The topological polar surface area (TPSA) is 37.4 Å². The third-order valence-corrected chi connectivity index (χ3v) is 1.93. The van der Waals surface area contributed by atoms with Crippen LogP contribution < -0.4 is 0 Å². The van der Waals surface area contributed by atoms with E-state index < -0.39 is 0 Å². The summed E-state index contributed by atoms with van der Waals surface area (Å²) in [5, 5.41) is 0. The highest BCUT2D eigenvalue weighted by molar-refractivity contribution is 5.94. The smallest absolute Gasteiger partial charge is 0.253 e. The summed E-state index contributed by atoms with van der Waals surface area (Å²) in [5.41, 5.74) is 1.34. The molecule has 1 aromatic carbocycles. The van der Waals surface area contributed by atoms with Crippen LogP contribution in [0.15, 0.2) is 24.3 Å². The van der Waals surface area contributed by atoms with Crippen LogP contribution in [0, 0.1) is 11.8 Å². The molecule has 0 fully saturated rings. The molecule has 0 bridgehead atoms. The van der Waals surface area contributed by atoms with Gasteiger partial charge in [0.15, 0.2) is 0 Å². The van der Waals surface area contributed by atoms with Gasteiger partial charge in [-0.1, -0.05) is 17.9 Å². The first kappa shape index (κ1) is 12.0. The standard InChI is InChI=1S/C13H13NO2/c1-14(2)13(16)12-8-5-7-11(10-12)6-3-4-9-15/h5,7-10H,4H2,1-2H3. The molecule has 0 radical (unpaired) electrons. The fraction of sp³-hybridized carbons (Fsp3) is 0.231. The molecule has 0 spiro atoms. The van der Waals surface area contributed by atoms with Gasteiger partial charge in [-0.05, 0) is 18.2 Å². The highest BCUT2D eigenvalue weighted by Gasteiger charge is 2.06. The van der Waals surface area contributed by atoms with Crippen molar-refractivity contribution in [2.45, 2.75) is 6.42 Å². The Kier molecular flexibility index (Phi) is 4.28. The maximum absolute atomic E-state index is 11.6. The first-order chi connectivity index (χ1) is 7.65. The van der Waals surface area contributed by atoms with Gasteiger partial charge in [0.25, 0.3) is 5.91 Å². The van der Waals surface area contributed by atoms with Gasteiger partial charge in [0.1, 0.15) is 6.29 Å². The second-order valence-corrected chi connectivity index (χ2v) is 3.45. The van der Waals surface area contributed by atoms with Crippen molar-refractivity contribution in [2.75, 3.05) is 14.1 Å². The molecule has 3 nitrogen and oxygen atoms in total. The third kappa shape index (κ3) is 3.25. The lowest BCUT2D eigenvalue weighted by molar-refractivity contribution is -0.107. The molecule has 16 heavy (non-hydrogen) atoms. The zero-order chi connectivity index (χ0) is 12.0. The van der Waals surface area contributed by atoms with E-state index in [1.807, 2.05) is 6.07 Å². The zero-order valence-corrected chi connectivity index (χ0v) is 9.36. The maximum Gasteiger partial charge on any atom is 0.253 e. The van der Waals surface area contributed by atoms with Gasteiger partial charge in [-0.25, -0.2) is 0 Å². The van der Waals surface area contributed by atoms with Gasteiger partial charge >= 0.3 is 0 Å². The number of carbonyl (C=O) groups excluding carboxylic acids is 2. The minimum Gasteiger partial charge on any atom is -0.345 e. The molecule has 0 aromatic heterocycles. The highest BCUT2D eigenvalue weighted by Crippen LogP contribution is 2.06. The summed E-state index contributed by atoms with van der Waals surface area (Å²) in [5.74, 6) is 5.48. The van der Waals surface area contributed by atoms with Crippen molar-refractivity contribution in [3.8, 4) is 11.8 Å². The van der Waals surface area contributed by atoms with Crippen LogP contribution in [-0.2, 0) is 4.79 Å². The number of carbonyl (C=O) groups is 2. The van der Waals surface area contributed by atoms with Crippen LogP contribution in [0.25, 0.3) is 0 Å². The molecule has 0 aliphatic rings. The first-order valence-corrected chi connectivity index (χ1v) is 4.89. The number of hydrogen-bond acceptors (Lipinski definition) is 2. The Balaban J connectivity index is 2.92. The summed E-state index contributed by atoms with van der Waals surface area (Å²) in [6, 6.07) is 7.05. The minimum absolute atomic E-state index is 0.0564. The normalized spacial score (nSPS) is 8.88. The largest absolute Gasteiger partial charge is 0.345 e. The second kappa shape index (κ2) is 5.72. The number of amides is 1. The predicted octanol–water partition coefficient (Wildman–Crippen LogP) is 1.33. The molecule has 0 unspecified atom stereocenters. The van der Waals surface area contributed by atoms with Crippen LogP contribution in [-0.4, -0.2) is 31.2 Å². The molecule has 1 aromatic rings. The molecular formula is C13H13NO2. The van der Waals surface area contributed by atoms with Crippen molar-refractivity contribution >= 4 is 12.2 Å². The summed E-state index contributed by atoms with van der Waals surface area (Å²) in [4.78, 5) is 23.3. The monoisotopic (exact) mass is 215 g/mol. The predicted molar refractivity (Wildman–Crippen MR) is 62.0 cm³/mol. The number of hydrogen-bond donors (Lipinski definition) is 0. The van der Waals surface area contributed by atoms with E-state index in [-0.39, 0.29) is 12.3 Å². The maximum atomic E-state index is 11.6. The fourth-order valence-corrected chi connectivity index (χ4v) is 1.18.